The number of nitrogens with one attached hydrogen (secondary N) is 2. The number of nitrogens with zero attached hydrogens (tertiary/aromatic N) is 2. The lowest BCUT2D eigenvalue weighted by atomic mass is 9.98. The molecule has 0 radical (unpaired) electrons. The summed E-state index contributed by atoms with van der Waals surface area (Å²) < 4.78 is 11.2. The maximum Gasteiger partial charge on any atom is 0.204 e. The molecule has 6 nitrogen and oxygen atoms in total. The van der Waals surface area contributed by atoms with Crippen LogP contribution in [0.15, 0.2) is 6.33 Å². The summed E-state index contributed by atoms with van der Waals surface area (Å²) in [6.45, 7) is 1.40. The molecule has 0 atom stereocenters. The van der Waals surface area contributed by atoms with Crippen molar-refractivity contribution >= 4 is 11.6 Å². The van der Waals surface area contributed by atoms with E-state index in [0.717, 1.165) is 0 Å². The van der Waals surface area contributed by atoms with Gasteiger partial charge in [-0.1, -0.05) is 19.3 Å². The predicted octanol–water partition coefficient (Wildman–Crippen LogP) is 2.29. The average molecular weight is 280 g/mol. The molecule has 2 rings (SSSR count). The minimum absolute atomic E-state index is 0.436. The van der Waals surface area contributed by atoms with Crippen LogP contribution in [-0.4, -0.2) is 43.4 Å². The second-order valence-electron chi connectivity index (χ2n) is 4.91. The molecule has 0 aliphatic heterocycles. The molecule has 0 amide bonds. The molecule has 0 bridgehead atoms. The Morgan fingerprint density at radius 2 is 1.95 bits per heavy atom. The zero-order valence-corrected chi connectivity index (χ0v) is 12.3. The second kappa shape index (κ2) is 7.89. The van der Waals surface area contributed by atoms with Gasteiger partial charge in [0.25, 0.3) is 0 Å². The number of rotatable bonds is 7. The fourth-order valence-electron chi connectivity index (χ4n) is 2.50. The number of hydrogen-bond acceptors (Lipinski definition) is 6. The van der Waals surface area contributed by atoms with E-state index >= 15 is 0 Å². The van der Waals surface area contributed by atoms with Gasteiger partial charge in [0.15, 0.2) is 11.6 Å². The van der Waals surface area contributed by atoms with Gasteiger partial charge in [-0.2, -0.15) is 0 Å². The Hall–Kier alpha value is -1.56. The summed E-state index contributed by atoms with van der Waals surface area (Å²) >= 11 is 0. The molecule has 112 valence electrons. The van der Waals surface area contributed by atoms with Crippen molar-refractivity contribution < 1.29 is 9.47 Å². The minimum atomic E-state index is 0.436. The van der Waals surface area contributed by atoms with E-state index in [1.54, 1.807) is 14.2 Å². The Labute approximate surface area is 120 Å². The van der Waals surface area contributed by atoms with Gasteiger partial charge in [-0.15, -0.1) is 0 Å². The third kappa shape index (κ3) is 3.96. The summed E-state index contributed by atoms with van der Waals surface area (Å²) in [5.41, 5.74) is 0. The smallest absolute Gasteiger partial charge is 0.204 e. The second-order valence-corrected chi connectivity index (χ2v) is 4.91. The first-order valence-corrected chi connectivity index (χ1v) is 7.27. The first-order valence-electron chi connectivity index (χ1n) is 7.27. The highest BCUT2D eigenvalue weighted by Gasteiger charge is 2.14. The monoisotopic (exact) mass is 280 g/mol. The quantitative estimate of drug-likeness (QED) is 0.747. The third-order valence-corrected chi connectivity index (χ3v) is 3.55. The lowest BCUT2D eigenvalue weighted by Crippen LogP contribution is -2.21. The summed E-state index contributed by atoms with van der Waals surface area (Å²) in [6, 6.07) is 0. The SMILES string of the molecule is CNc1ncnc(NCCOC2CCCCC2)c1OC. The molecular formula is C14H24N4O2. The standard InChI is InChI=1S/C14H24N4O2/c1-15-13-12(19-2)14(18-10-17-13)16-8-9-20-11-6-4-3-5-7-11/h10-11H,3-9H2,1-2H3,(H2,15,16,17,18). The van der Waals surface area contributed by atoms with E-state index < -0.39 is 0 Å². The number of aromatic nitrogens is 2. The van der Waals surface area contributed by atoms with E-state index in [9.17, 15) is 0 Å². The van der Waals surface area contributed by atoms with Crippen LogP contribution in [0.4, 0.5) is 11.6 Å². The first-order chi connectivity index (χ1) is 9.85. The molecule has 1 fully saturated rings. The van der Waals surface area contributed by atoms with Crippen molar-refractivity contribution in [1.82, 2.24) is 9.97 Å². The van der Waals surface area contributed by atoms with E-state index in [-0.39, 0.29) is 0 Å². The zero-order chi connectivity index (χ0) is 14.2. The summed E-state index contributed by atoms with van der Waals surface area (Å²) in [4.78, 5) is 8.31. The summed E-state index contributed by atoms with van der Waals surface area (Å²) in [5.74, 6) is 2.00. The molecule has 1 heterocycles. The van der Waals surface area contributed by atoms with Gasteiger partial charge in [0, 0.05) is 13.6 Å². The van der Waals surface area contributed by atoms with Gasteiger partial charge >= 0.3 is 0 Å². The van der Waals surface area contributed by atoms with Crippen LogP contribution in [0.3, 0.4) is 0 Å². The van der Waals surface area contributed by atoms with Gasteiger partial charge in [-0.25, -0.2) is 9.97 Å². The highest BCUT2D eigenvalue weighted by atomic mass is 16.5. The number of ether oxygens (including phenoxy) is 2. The first kappa shape index (κ1) is 14.8. The van der Waals surface area contributed by atoms with Gasteiger partial charge in [0.2, 0.25) is 5.75 Å². The van der Waals surface area contributed by atoms with Gasteiger partial charge in [0.1, 0.15) is 6.33 Å². The summed E-state index contributed by atoms with van der Waals surface area (Å²) in [6.07, 6.45) is 8.28. The van der Waals surface area contributed by atoms with Crippen molar-refractivity contribution in [1.29, 1.82) is 0 Å². The van der Waals surface area contributed by atoms with Crippen LogP contribution >= 0.6 is 0 Å². The van der Waals surface area contributed by atoms with Crippen molar-refractivity contribution in [3.63, 3.8) is 0 Å². The van der Waals surface area contributed by atoms with Crippen molar-refractivity contribution in [2.24, 2.45) is 0 Å². The molecule has 1 saturated carbocycles. The molecule has 6 heteroatoms. The normalized spacial score (nSPS) is 15.9. The molecule has 1 aliphatic carbocycles. The topological polar surface area (TPSA) is 68.3 Å². The van der Waals surface area contributed by atoms with Crippen LogP contribution in [0.2, 0.25) is 0 Å². The molecule has 0 unspecified atom stereocenters. The van der Waals surface area contributed by atoms with Gasteiger partial charge < -0.3 is 20.1 Å². The maximum absolute atomic E-state index is 5.87. The van der Waals surface area contributed by atoms with E-state index in [0.29, 0.717) is 36.6 Å². The van der Waals surface area contributed by atoms with Crippen LogP contribution in [0, 0.1) is 0 Å². The largest absolute Gasteiger partial charge is 0.490 e. The van der Waals surface area contributed by atoms with Crippen LogP contribution < -0.4 is 15.4 Å². The lowest BCUT2D eigenvalue weighted by molar-refractivity contribution is 0.0347. The maximum atomic E-state index is 5.87. The Morgan fingerprint density at radius 1 is 1.20 bits per heavy atom. The number of methoxy groups -OCH3 is 1. The molecule has 2 N–H and O–H groups in total. The Balaban J connectivity index is 1.78. The highest BCUT2D eigenvalue weighted by molar-refractivity contribution is 5.63. The molecule has 20 heavy (non-hydrogen) atoms. The zero-order valence-electron chi connectivity index (χ0n) is 12.3. The Bertz CT molecular complexity index is 408. The van der Waals surface area contributed by atoms with E-state index in [4.69, 9.17) is 9.47 Å². The van der Waals surface area contributed by atoms with Gasteiger partial charge in [-0.05, 0) is 12.8 Å². The minimum Gasteiger partial charge on any atom is -0.490 e. The summed E-state index contributed by atoms with van der Waals surface area (Å²) in [7, 11) is 3.42. The van der Waals surface area contributed by atoms with Crippen molar-refractivity contribution in [2.75, 3.05) is 37.9 Å². The molecule has 0 saturated heterocycles. The summed E-state index contributed by atoms with van der Waals surface area (Å²) in [5, 5.41) is 6.22. The third-order valence-electron chi connectivity index (χ3n) is 3.55. The average Bonchev–Trinajstić information content (AvgIpc) is 2.52. The molecular weight excluding hydrogens is 256 g/mol. The molecule has 0 spiro atoms. The molecule has 1 aromatic rings. The van der Waals surface area contributed by atoms with Crippen molar-refractivity contribution in [2.45, 2.75) is 38.2 Å². The molecule has 1 aromatic heterocycles. The molecule has 0 aromatic carbocycles. The van der Waals surface area contributed by atoms with Gasteiger partial charge in [-0.3, -0.25) is 0 Å². The number of hydrogen-bond donors (Lipinski definition) is 2. The number of anilines is 2. The Kier molecular flexibility index (Phi) is 5.86. The fraction of sp³-hybridized carbons (Fsp3) is 0.714. The van der Waals surface area contributed by atoms with Gasteiger partial charge in [0.05, 0.1) is 19.8 Å². The Morgan fingerprint density at radius 3 is 2.65 bits per heavy atom. The van der Waals surface area contributed by atoms with Crippen molar-refractivity contribution in [3.05, 3.63) is 6.33 Å². The highest BCUT2D eigenvalue weighted by Crippen LogP contribution is 2.28. The van der Waals surface area contributed by atoms with Crippen LogP contribution in [0.5, 0.6) is 5.75 Å². The fourth-order valence-corrected chi connectivity index (χ4v) is 2.50. The van der Waals surface area contributed by atoms with E-state index in [2.05, 4.69) is 20.6 Å². The predicted molar refractivity (Wildman–Crippen MR) is 79.4 cm³/mol. The van der Waals surface area contributed by atoms with Crippen LogP contribution in [0.25, 0.3) is 0 Å². The van der Waals surface area contributed by atoms with Crippen LogP contribution in [0.1, 0.15) is 32.1 Å². The van der Waals surface area contributed by atoms with E-state index in [1.807, 2.05) is 0 Å². The van der Waals surface area contributed by atoms with Crippen molar-refractivity contribution in [3.8, 4) is 5.75 Å². The van der Waals surface area contributed by atoms with E-state index in [1.165, 1.54) is 38.4 Å². The molecule has 1 aliphatic rings. The van der Waals surface area contributed by atoms with Crippen LogP contribution in [-0.2, 0) is 4.74 Å². The lowest BCUT2D eigenvalue weighted by Gasteiger charge is -2.22.